The Morgan fingerprint density at radius 2 is 1.77 bits per heavy atom. The van der Waals surface area contributed by atoms with E-state index in [0.717, 1.165) is 0 Å². The molecule has 2 aromatic carbocycles. The molecule has 0 bridgehead atoms. The van der Waals surface area contributed by atoms with Gasteiger partial charge in [-0.1, -0.05) is 12.1 Å². The van der Waals surface area contributed by atoms with Crippen LogP contribution in [0, 0.1) is 11.6 Å². The second-order valence-electron chi connectivity index (χ2n) is 5.45. The van der Waals surface area contributed by atoms with Crippen LogP contribution in [-0.4, -0.2) is 30.2 Å². The molecule has 3 rings (SSSR count). The van der Waals surface area contributed by atoms with Gasteiger partial charge >= 0.3 is 0 Å². The van der Waals surface area contributed by atoms with Gasteiger partial charge in [0.1, 0.15) is 18.2 Å². The van der Waals surface area contributed by atoms with E-state index in [9.17, 15) is 8.78 Å². The Hall–Kier alpha value is -3.22. The van der Waals surface area contributed by atoms with Crippen molar-refractivity contribution in [2.75, 3.05) is 25.1 Å². The summed E-state index contributed by atoms with van der Waals surface area (Å²) in [6.07, 6.45) is 1.56. The van der Waals surface area contributed by atoms with Gasteiger partial charge in [-0.2, -0.15) is 4.98 Å². The van der Waals surface area contributed by atoms with E-state index in [1.165, 1.54) is 30.3 Å². The summed E-state index contributed by atoms with van der Waals surface area (Å²) in [5.74, 6) is 0.707. The standard InChI is InChI=1S/C19H17F2N3O2/c1-24(12-13-25-17-5-3-2-4-16(17)21)19-22-11-10-18(23-19)26-15-8-6-14(20)7-9-15/h2-11H,12-13H2,1H3. The number of halogens is 2. The molecule has 0 saturated heterocycles. The predicted octanol–water partition coefficient (Wildman–Crippen LogP) is 4.06. The minimum Gasteiger partial charge on any atom is -0.489 e. The molecule has 0 amide bonds. The molecular formula is C19H17F2N3O2. The van der Waals surface area contributed by atoms with Crippen LogP contribution in [-0.2, 0) is 0 Å². The van der Waals surface area contributed by atoms with E-state index >= 15 is 0 Å². The van der Waals surface area contributed by atoms with Gasteiger partial charge in [0.15, 0.2) is 11.6 Å². The van der Waals surface area contributed by atoms with Crippen LogP contribution in [0.3, 0.4) is 0 Å². The monoisotopic (exact) mass is 357 g/mol. The maximum absolute atomic E-state index is 13.5. The quantitative estimate of drug-likeness (QED) is 0.638. The van der Waals surface area contributed by atoms with E-state index in [-0.39, 0.29) is 18.2 Å². The lowest BCUT2D eigenvalue weighted by atomic mass is 10.3. The molecule has 3 aromatic rings. The van der Waals surface area contributed by atoms with Gasteiger partial charge in [-0.05, 0) is 36.4 Å². The van der Waals surface area contributed by atoms with Gasteiger partial charge in [-0.3, -0.25) is 0 Å². The lowest BCUT2D eigenvalue weighted by Gasteiger charge is -2.17. The number of nitrogens with zero attached hydrogens (tertiary/aromatic N) is 3. The second kappa shape index (κ2) is 8.24. The van der Waals surface area contributed by atoms with Gasteiger partial charge in [0.05, 0.1) is 6.54 Å². The molecule has 26 heavy (non-hydrogen) atoms. The molecular weight excluding hydrogens is 340 g/mol. The normalized spacial score (nSPS) is 10.4. The van der Waals surface area contributed by atoms with E-state index in [2.05, 4.69) is 9.97 Å². The molecule has 0 saturated carbocycles. The molecule has 0 aliphatic heterocycles. The van der Waals surface area contributed by atoms with Gasteiger partial charge in [0.2, 0.25) is 11.8 Å². The van der Waals surface area contributed by atoms with E-state index in [1.54, 1.807) is 42.4 Å². The third-order valence-corrected chi connectivity index (χ3v) is 3.52. The highest BCUT2D eigenvalue weighted by molar-refractivity contribution is 5.33. The SMILES string of the molecule is CN(CCOc1ccccc1F)c1nccc(Oc2ccc(F)cc2)n1. The topological polar surface area (TPSA) is 47.5 Å². The molecule has 0 N–H and O–H groups in total. The Balaban J connectivity index is 1.58. The van der Waals surface area contributed by atoms with Crippen molar-refractivity contribution in [2.45, 2.75) is 0 Å². The number of hydrogen-bond acceptors (Lipinski definition) is 5. The van der Waals surface area contributed by atoms with E-state index in [0.29, 0.717) is 24.1 Å². The fourth-order valence-corrected chi connectivity index (χ4v) is 2.15. The van der Waals surface area contributed by atoms with E-state index in [1.807, 2.05) is 0 Å². The first-order valence-corrected chi connectivity index (χ1v) is 7.97. The van der Waals surface area contributed by atoms with Crippen LogP contribution in [0.2, 0.25) is 0 Å². The molecule has 0 aliphatic carbocycles. The predicted molar refractivity (Wildman–Crippen MR) is 93.7 cm³/mol. The highest BCUT2D eigenvalue weighted by Gasteiger charge is 2.08. The first-order valence-electron chi connectivity index (χ1n) is 7.97. The maximum atomic E-state index is 13.5. The smallest absolute Gasteiger partial charge is 0.228 e. The summed E-state index contributed by atoms with van der Waals surface area (Å²) in [5, 5.41) is 0. The first-order chi connectivity index (χ1) is 12.6. The number of likely N-dealkylation sites (N-methyl/N-ethyl adjacent to an activating group) is 1. The van der Waals surface area contributed by atoms with Crippen LogP contribution >= 0.6 is 0 Å². The molecule has 0 atom stereocenters. The fourth-order valence-electron chi connectivity index (χ4n) is 2.15. The van der Waals surface area contributed by atoms with Crippen molar-refractivity contribution in [3.8, 4) is 17.4 Å². The van der Waals surface area contributed by atoms with Gasteiger partial charge in [-0.25, -0.2) is 13.8 Å². The van der Waals surface area contributed by atoms with Gasteiger partial charge in [-0.15, -0.1) is 0 Å². The maximum Gasteiger partial charge on any atom is 0.228 e. The van der Waals surface area contributed by atoms with Crippen molar-refractivity contribution >= 4 is 5.95 Å². The molecule has 0 aliphatic rings. The van der Waals surface area contributed by atoms with Crippen molar-refractivity contribution in [1.82, 2.24) is 9.97 Å². The van der Waals surface area contributed by atoms with Crippen LogP contribution in [0.4, 0.5) is 14.7 Å². The molecule has 5 nitrogen and oxygen atoms in total. The third-order valence-electron chi connectivity index (χ3n) is 3.52. The van der Waals surface area contributed by atoms with Crippen LogP contribution in [0.5, 0.6) is 17.4 Å². The lowest BCUT2D eigenvalue weighted by Crippen LogP contribution is -2.25. The Kier molecular flexibility index (Phi) is 5.58. The number of aromatic nitrogens is 2. The number of rotatable bonds is 7. The Morgan fingerprint density at radius 3 is 2.54 bits per heavy atom. The van der Waals surface area contributed by atoms with Crippen LogP contribution in [0.15, 0.2) is 60.8 Å². The molecule has 134 valence electrons. The van der Waals surface area contributed by atoms with Crippen molar-refractivity contribution in [3.63, 3.8) is 0 Å². The molecule has 7 heteroatoms. The Bertz CT molecular complexity index is 859. The summed E-state index contributed by atoms with van der Waals surface area (Å²) < 4.78 is 37.5. The summed E-state index contributed by atoms with van der Waals surface area (Å²) in [6.45, 7) is 0.720. The van der Waals surface area contributed by atoms with Gasteiger partial charge < -0.3 is 14.4 Å². The third kappa shape index (κ3) is 4.66. The van der Waals surface area contributed by atoms with E-state index < -0.39 is 5.82 Å². The largest absolute Gasteiger partial charge is 0.489 e. The highest BCUT2D eigenvalue weighted by Crippen LogP contribution is 2.21. The van der Waals surface area contributed by atoms with Crippen LogP contribution < -0.4 is 14.4 Å². The minimum absolute atomic E-state index is 0.204. The van der Waals surface area contributed by atoms with Gasteiger partial charge in [0.25, 0.3) is 0 Å². The average Bonchev–Trinajstić information content (AvgIpc) is 2.65. The average molecular weight is 357 g/mol. The van der Waals surface area contributed by atoms with E-state index in [4.69, 9.17) is 9.47 Å². The van der Waals surface area contributed by atoms with Crippen LogP contribution in [0.1, 0.15) is 0 Å². The van der Waals surface area contributed by atoms with Crippen molar-refractivity contribution in [1.29, 1.82) is 0 Å². The fraction of sp³-hybridized carbons (Fsp3) is 0.158. The molecule has 0 spiro atoms. The number of ether oxygens (including phenoxy) is 2. The number of anilines is 1. The minimum atomic E-state index is -0.402. The van der Waals surface area contributed by atoms with Crippen LogP contribution in [0.25, 0.3) is 0 Å². The number of hydrogen-bond donors (Lipinski definition) is 0. The molecule has 1 aromatic heterocycles. The summed E-state index contributed by atoms with van der Waals surface area (Å²) >= 11 is 0. The van der Waals surface area contributed by atoms with Gasteiger partial charge in [0, 0.05) is 19.3 Å². The molecule has 0 fully saturated rings. The molecule has 0 radical (unpaired) electrons. The number of benzene rings is 2. The highest BCUT2D eigenvalue weighted by atomic mass is 19.1. The van der Waals surface area contributed by atoms with Crippen molar-refractivity contribution in [2.24, 2.45) is 0 Å². The Labute approximate surface area is 149 Å². The molecule has 0 unspecified atom stereocenters. The van der Waals surface area contributed by atoms with Crippen molar-refractivity contribution < 1.29 is 18.3 Å². The van der Waals surface area contributed by atoms with Crippen molar-refractivity contribution in [3.05, 3.63) is 72.4 Å². The number of para-hydroxylation sites is 1. The zero-order chi connectivity index (χ0) is 18.4. The first kappa shape index (κ1) is 17.6. The summed E-state index contributed by atoms with van der Waals surface area (Å²) in [4.78, 5) is 10.2. The zero-order valence-electron chi connectivity index (χ0n) is 14.1. The zero-order valence-corrected chi connectivity index (χ0v) is 14.1. The Morgan fingerprint density at radius 1 is 1.00 bits per heavy atom. The lowest BCUT2D eigenvalue weighted by molar-refractivity contribution is 0.308. The summed E-state index contributed by atoms with van der Waals surface area (Å²) in [6, 6.07) is 13.5. The summed E-state index contributed by atoms with van der Waals surface area (Å²) in [7, 11) is 1.79. The second-order valence-corrected chi connectivity index (χ2v) is 5.45. The molecule has 1 heterocycles. The summed E-state index contributed by atoms with van der Waals surface area (Å²) in [5.41, 5.74) is 0.